The molecule has 0 amide bonds. The number of phenolic OH excluding ortho intramolecular Hbond substituents is 1. The van der Waals surface area contributed by atoms with Crippen molar-refractivity contribution in [2.75, 3.05) is 0 Å². The molecule has 4 rings (SSSR count). The van der Waals surface area contributed by atoms with E-state index >= 15 is 0 Å². The zero-order chi connectivity index (χ0) is 18.8. The van der Waals surface area contributed by atoms with Crippen molar-refractivity contribution in [1.82, 2.24) is 5.32 Å². The highest BCUT2D eigenvalue weighted by Crippen LogP contribution is 2.34. The average Bonchev–Trinajstić information content (AvgIpc) is 2.68. The van der Waals surface area contributed by atoms with E-state index in [-0.39, 0.29) is 12.2 Å². The van der Waals surface area contributed by atoms with E-state index in [1.54, 1.807) is 6.07 Å². The summed E-state index contributed by atoms with van der Waals surface area (Å²) in [5.74, 6) is 0.313. The molecule has 27 heavy (non-hydrogen) atoms. The van der Waals surface area contributed by atoms with Crippen LogP contribution in [-0.2, 0) is 0 Å². The minimum absolute atomic E-state index is 0.0102. The quantitative estimate of drug-likeness (QED) is 0.571. The second-order valence-corrected chi connectivity index (χ2v) is 7.80. The van der Waals surface area contributed by atoms with Gasteiger partial charge in [0.2, 0.25) is 0 Å². The van der Waals surface area contributed by atoms with Crippen molar-refractivity contribution in [3.05, 3.63) is 99.5 Å². The zero-order valence-electron chi connectivity index (χ0n) is 15.1. The monoisotopic (exact) mass is 420 g/mol. The van der Waals surface area contributed by atoms with Crippen molar-refractivity contribution in [2.24, 2.45) is 4.99 Å². The summed E-state index contributed by atoms with van der Waals surface area (Å²) in [5, 5.41) is 14.0. The van der Waals surface area contributed by atoms with Gasteiger partial charge in [-0.05, 0) is 36.2 Å². The predicted octanol–water partition coefficient (Wildman–Crippen LogP) is 5.69. The van der Waals surface area contributed by atoms with E-state index in [0.717, 1.165) is 33.3 Å². The van der Waals surface area contributed by atoms with Crippen molar-refractivity contribution in [3.63, 3.8) is 0 Å². The van der Waals surface area contributed by atoms with E-state index in [2.05, 4.69) is 64.6 Å². The minimum atomic E-state index is -0.155. The molecule has 3 aromatic carbocycles. The summed E-state index contributed by atoms with van der Waals surface area (Å²) in [5.41, 5.74) is 5.38. The van der Waals surface area contributed by atoms with Crippen molar-refractivity contribution >= 4 is 21.6 Å². The lowest BCUT2D eigenvalue weighted by Gasteiger charge is -2.31. The van der Waals surface area contributed by atoms with E-state index in [4.69, 9.17) is 4.99 Å². The molecule has 136 valence electrons. The van der Waals surface area contributed by atoms with Gasteiger partial charge < -0.3 is 5.11 Å². The third-order valence-corrected chi connectivity index (χ3v) is 5.40. The van der Waals surface area contributed by atoms with Gasteiger partial charge in [0.1, 0.15) is 11.9 Å². The van der Waals surface area contributed by atoms with Crippen LogP contribution in [0.1, 0.15) is 40.9 Å². The lowest BCUT2D eigenvalue weighted by molar-refractivity contribution is 0.412. The predicted molar refractivity (Wildman–Crippen MR) is 113 cm³/mol. The van der Waals surface area contributed by atoms with Gasteiger partial charge in [0.15, 0.2) is 0 Å². The first-order chi connectivity index (χ1) is 13.1. The number of nitrogens with one attached hydrogen (secondary N) is 1. The van der Waals surface area contributed by atoms with E-state index < -0.39 is 0 Å². The number of rotatable bonds is 3. The van der Waals surface area contributed by atoms with Gasteiger partial charge in [-0.2, -0.15) is 0 Å². The van der Waals surface area contributed by atoms with Crippen molar-refractivity contribution in [3.8, 4) is 5.75 Å². The van der Waals surface area contributed by atoms with E-state index in [0.29, 0.717) is 5.75 Å². The molecule has 1 aliphatic heterocycles. The number of phenols is 1. The Morgan fingerprint density at radius 3 is 2.52 bits per heavy atom. The van der Waals surface area contributed by atoms with Crippen LogP contribution in [0.4, 0.5) is 0 Å². The molecular formula is C23H21BrN2O. The molecule has 1 heterocycles. The number of benzene rings is 3. The number of aromatic hydroxyl groups is 1. The lowest BCUT2D eigenvalue weighted by atomic mass is 9.93. The fraction of sp³-hybridized carbons (Fsp3) is 0.174. The van der Waals surface area contributed by atoms with Crippen LogP contribution in [0.2, 0.25) is 0 Å². The van der Waals surface area contributed by atoms with Crippen molar-refractivity contribution in [2.45, 2.75) is 25.6 Å². The third-order valence-electron chi connectivity index (χ3n) is 4.90. The summed E-state index contributed by atoms with van der Waals surface area (Å²) >= 11 is 3.56. The van der Waals surface area contributed by atoms with Gasteiger partial charge in [0.25, 0.3) is 0 Å². The molecule has 0 radical (unpaired) electrons. The first-order valence-electron chi connectivity index (χ1n) is 9.03. The Kier molecular flexibility index (Phi) is 5.10. The molecule has 3 aromatic rings. The number of halogens is 1. The summed E-state index contributed by atoms with van der Waals surface area (Å²) in [6, 6.07) is 24.2. The molecule has 0 saturated carbocycles. The van der Waals surface area contributed by atoms with Crippen LogP contribution >= 0.6 is 15.9 Å². The Morgan fingerprint density at radius 2 is 1.78 bits per heavy atom. The van der Waals surface area contributed by atoms with Gasteiger partial charge in [0.05, 0.1) is 0 Å². The minimum Gasteiger partial charge on any atom is -0.508 e. The Morgan fingerprint density at radius 1 is 1.00 bits per heavy atom. The molecule has 0 saturated heterocycles. The van der Waals surface area contributed by atoms with Gasteiger partial charge in [-0.3, -0.25) is 10.3 Å². The molecule has 0 bridgehead atoms. The van der Waals surface area contributed by atoms with Crippen LogP contribution in [0.3, 0.4) is 0 Å². The maximum Gasteiger partial charge on any atom is 0.126 e. The Labute approximate surface area is 167 Å². The normalized spacial score (nSPS) is 19.6. The largest absolute Gasteiger partial charge is 0.508 e. The molecule has 2 atom stereocenters. The number of nitrogens with zero attached hydrogens (tertiary/aromatic N) is 1. The first kappa shape index (κ1) is 18.0. The molecule has 4 heteroatoms. The van der Waals surface area contributed by atoms with Gasteiger partial charge >= 0.3 is 0 Å². The molecule has 3 nitrogen and oxygen atoms in total. The SMILES string of the molecule is Cc1ccc(C2N=C(c3cccc(Br)c3)CC(c3ccccc3O)N2)cc1. The van der Waals surface area contributed by atoms with Crippen LogP contribution in [0.5, 0.6) is 5.75 Å². The van der Waals surface area contributed by atoms with Crippen molar-refractivity contribution < 1.29 is 5.11 Å². The number of aryl methyl sites for hydroxylation is 1. The summed E-state index contributed by atoms with van der Waals surface area (Å²) in [7, 11) is 0. The molecule has 0 spiro atoms. The number of hydrogen-bond donors (Lipinski definition) is 2. The van der Waals surface area contributed by atoms with E-state index in [9.17, 15) is 5.11 Å². The first-order valence-corrected chi connectivity index (χ1v) is 9.82. The summed E-state index contributed by atoms with van der Waals surface area (Å²) in [6.07, 6.45) is 0.564. The Hall–Kier alpha value is -2.43. The van der Waals surface area contributed by atoms with Crippen LogP contribution in [-0.4, -0.2) is 10.8 Å². The van der Waals surface area contributed by atoms with Crippen LogP contribution < -0.4 is 5.32 Å². The number of para-hydroxylation sites is 1. The second kappa shape index (κ2) is 7.67. The highest BCUT2D eigenvalue weighted by atomic mass is 79.9. The molecule has 0 aromatic heterocycles. The molecular weight excluding hydrogens is 400 g/mol. The van der Waals surface area contributed by atoms with Gasteiger partial charge in [-0.15, -0.1) is 0 Å². The molecule has 1 aliphatic rings. The van der Waals surface area contributed by atoms with Crippen LogP contribution in [0.25, 0.3) is 0 Å². The zero-order valence-corrected chi connectivity index (χ0v) is 16.6. The van der Waals surface area contributed by atoms with Crippen molar-refractivity contribution in [1.29, 1.82) is 0 Å². The highest BCUT2D eigenvalue weighted by molar-refractivity contribution is 9.10. The Bertz CT molecular complexity index is 982. The van der Waals surface area contributed by atoms with E-state index in [1.807, 2.05) is 30.3 Å². The van der Waals surface area contributed by atoms with Gasteiger partial charge in [-0.25, -0.2) is 0 Å². The third kappa shape index (κ3) is 3.97. The summed E-state index contributed by atoms with van der Waals surface area (Å²) in [6.45, 7) is 2.08. The van der Waals surface area contributed by atoms with Crippen LogP contribution in [0, 0.1) is 6.92 Å². The average molecular weight is 421 g/mol. The fourth-order valence-electron chi connectivity index (χ4n) is 3.45. The number of aliphatic imine (C=N–C) groups is 1. The fourth-order valence-corrected chi connectivity index (χ4v) is 3.85. The van der Waals surface area contributed by atoms with E-state index in [1.165, 1.54) is 5.56 Å². The highest BCUT2D eigenvalue weighted by Gasteiger charge is 2.27. The van der Waals surface area contributed by atoms with Gasteiger partial charge in [-0.1, -0.05) is 76.1 Å². The molecule has 0 fully saturated rings. The smallest absolute Gasteiger partial charge is 0.126 e. The second-order valence-electron chi connectivity index (χ2n) is 6.88. The Balaban J connectivity index is 1.76. The maximum absolute atomic E-state index is 10.4. The summed E-state index contributed by atoms with van der Waals surface area (Å²) in [4.78, 5) is 5.00. The summed E-state index contributed by atoms with van der Waals surface area (Å²) < 4.78 is 1.03. The van der Waals surface area contributed by atoms with Crippen LogP contribution in [0.15, 0.2) is 82.3 Å². The topological polar surface area (TPSA) is 44.6 Å². The lowest BCUT2D eigenvalue weighted by Crippen LogP contribution is -2.33. The molecule has 2 unspecified atom stereocenters. The standard InChI is InChI=1S/C23H21BrN2O/c1-15-9-11-16(12-10-15)23-25-20(17-5-4-6-18(24)13-17)14-21(26-23)19-7-2-3-8-22(19)27/h2-13,21,23,26-27H,14H2,1H3. The number of hydrogen-bond acceptors (Lipinski definition) is 3. The maximum atomic E-state index is 10.4. The molecule has 2 N–H and O–H groups in total. The molecule has 0 aliphatic carbocycles. The van der Waals surface area contributed by atoms with Gasteiger partial charge in [0, 0.05) is 28.2 Å².